The maximum absolute atomic E-state index is 13.0. The van der Waals surface area contributed by atoms with Gasteiger partial charge in [-0.2, -0.15) is 4.57 Å². The Kier molecular flexibility index (Phi) is 5.46. The lowest BCUT2D eigenvalue weighted by Crippen LogP contribution is -2.34. The molecule has 0 aliphatic rings. The Bertz CT molecular complexity index is 1330. The van der Waals surface area contributed by atoms with Gasteiger partial charge in [0.25, 0.3) is 0 Å². The lowest BCUT2D eigenvalue weighted by atomic mass is 10.1. The van der Waals surface area contributed by atoms with Crippen LogP contribution in [0.3, 0.4) is 0 Å². The Balaban J connectivity index is 1.60. The van der Waals surface area contributed by atoms with Crippen molar-refractivity contribution in [1.82, 2.24) is 14.1 Å². The molecule has 0 radical (unpaired) electrons. The Morgan fingerprint density at radius 3 is 2.55 bits per heavy atom. The molecular formula is C25H25N3O3. The van der Waals surface area contributed by atoms with E-state index in [1.54, 1.807) is 43.7 Å². The second-order valence-corrected chi connectivity index (χ2v) is 8.35. The molecule has 2 aromatic heterocycles. The van der Waals surface area contributed by atoms with E-state index in [1.165, 1.54) is 0 Å². The van der Waals surface area contributed by atoms with E-state index < -0.39 is 17.4 Å². The summed E-state index contributed by atoms with van der Waals surface area (Å²) in [6.07, 6.45) is 5.80. The number of rotatable bonds is 4. The molecule has 31 heavy (non-hydrogen) atoms. The zero-order valence-corrected chi connectivity index (χ0v) is 17.9. The van der Waals surface area contributed by atoms with Crippen LogP contribution in [0, 0.1) is 0 Å². The number of ether oxygens (including phenoxy) is 1. The molecule has 2 aromatic carbocycles. The minimum absolute atomic E-state index is 0.393. The molecular weight excluding hydrogens is 390 g/mol. The smallest absolute Gasteiger partial charge is 0.423 e. The van der Waals surface area contributed by atoms with E-state index in [0.29, 0.717) is 24.0 Å². The number of imidazole rings is 1. The number of hydrogen-bond acceptors (Lipinski definition) is 4. The summed E-state index contributed by atoms with van der Waals surface area (Å²) in [4.78, 5) is 30.2. The first-order chi connectivity index (χ1) is 14.8. The van der Waals surface area contributed by atoms with Crippen LogP contribution in [0.2, 0.25) is 0 Å². The first-order valence-corrected chi connectivity index (χ1v) is 10.3. The molecule has 4 aromatic rings. The van der Waals surface area contributed by atoms with Gasteiger partial charge in [-0.25, -0.2) is 9.59 Å². The normalized spacial score (nSPS) is 12.1. The van der Waals surface area contributed by atoms with Crippen molar-refractivity contribution in [3.8, 4) is 0 Å². The SMILES string of the molecule is CC(C)(C)OC(=O)n1c(=O)n(CCC=Cc2cccc3cccnc23)c2ccccc21. The van der Waals surface area contributed by atoms with Crippen LogP contribution in [-0.2, 0) is 11.3 Å². The van der Waals surface area contributed by atoms with Crippen LogP contribution in [0.15, 0.2) is 71.7 Å². The van der Waals surface area contributed by atoms with Crippen LogP contribution in [0.4, 0.5) is 4.79 Å². The first kappa shape index (κ1) is 20.6. The molecule has 0 bridgehead atoms. The number of benzene rings is 2. The molecule has 0 saturated heterocycles. The molecule has 6 heteroatoms. The first-order valence-electron chi connectivity index (χ1n) is 10.3. The number of fused-ring (bicyclic) bond motifs is 2. The summed E-state index contributed by atoms with van der Waals surface area (Å²) in [6.45, 7) is 5.79. The van der Waals surface area contributed by atoms with Crippen LogP contribution in [0.1, 0.15) is 32.8 Å². The van der Waals surface area contributed by atoms with Gasteiger partial charge < -0.3 is 4.74 Å². The maximum atomic E-state index is 13.0. The second kappa shape index (κ2) is 8.22. The number of nitrogens with zero attached hydrogens (tertiary/aromatic N) is 3. The molecule has 6 nitrogen and oxygen atoms in total. The number of aryl methyl sites for hydroxylation is 1. The van der Waals surface area contributed by atoms with E-state index >= 15 is 0 Å². The summed E-state index contributed by atoms with van der Waals surface area (Å²) in [7, 11) is 0. The third-order valence-electron chi connectivity index (χ3n) is 4.89. The molecule has 4 rings (SSSR count). The summed E-state index contributed by atoms with van der Waals surface area (Å²) in [5, 5.41) is 1.08. The monoisotopic (exact) mass is 415 g/mol. The Morgan fingerprint density at radius 2 is 1.77 bits per heavy atom. The van der Waals surface area contributed by atoms with Gasteiger partial charge in [-0.05, 0) is 45.4 Å². The van der Waals surface area contributed by atoms with Gasteiger partial charge in [0.2, 0.25) is 0 Å². The summed E-state index contributed by atoms with van der Waals surface area (Å²) in [6, 6.07) is 17.3. The van der Waals surface area contributed by atoms with E-state index in [0.717, 1.165) is 21.0 Å². The van der Waals surface area contributed by atoms with Crippen LogP contribution in [0.25, 0.3) is 28.0 Å². The fourth-order valence-corrected chi connectivity index (χ4v) is 3.58. The fourth-order valence-electron chi connectivity index (χ4n) is 3.58. The molecule has 0 aliphatic carbocycles. The fraction of sp³-hybridized carbons (Fsp3) is 0.240. The quantitative estimate of drug-likeness (QED) is 0.457. The number of allylic oxidation sites excluding steroid dienone is 1. The Hall–Kier alpha value is -3.67. The lowest BCUT2D eigenvalue weighted by Gasteiger charge is -2.19. The highest BCUT2D eigenvalue weighted by Crippen LogP contribution is 2.18. The van der Waals surface area contributed by atoms with Crippen LogP contribution >= 0.6 is 0 Å². The van der Waals surface area contributed by atoms with E-state index in [-0.39, 0.29) is 0 Å². The van der Waals surface area contributed by atoms with Crippen molar-refractivity contribution in [2.24, 2.45) is 0 Å². The van der Waals surface area contributed by atoms with Gasteiger partial charge in [-0.1, -0.05) is 48.6 Å². The zero-order chi connectivity index (χ0) is 22.0. The molecule has 0 N–H and O–H groups in total. The highest BCUT2D eigenvalue weighted by atomic mass is 16.6. The molecule has 0 amide bonds. The topological polar surface area (TPSA) is 66.1 Å². The Labute approximate surface area is 180 Å². The van der Waals surface area contributed by atoms with Crippen molar-refractivity contribution in [2.75, 3.05) is 0 Å². The Morgan fingerprint density at radius 1 is 1.03 bits per heavy atom. The number of carbonyl (C=O) groups is 1. The number of para-hydroxylation sites is 3. The second-order valence-electron chi connectivity index (χ2n) is 8.35. The van der Waals surface area contributed by atoms with Crippen LogP contribution < -0.4 is 5.69 Å². The minimum atomic E-state index is -0.686. The molecule has 2 heterocycles. The highest BCUT2D eigenvalue weighted by molar-refractivity contribution is 5.87. The number of aromatic nitrogens is 3. The van der Waals surface area contributed by atoms with Crippen molar-refractivity contribution in [3.63, 3.8) is 0 Å². The number of pyridine rings is 1. The average molecular weight is 415 g/mol. The molecule has 0 saturated carbocycles. The summed E-state index contributed by atoms with van der Waals surface area (Å²) < 4.78 is 8.17. The molecule has 0 fully saturated rings. The predicted molar refractivity (Wildman–Crippen MR) is 123 cm³/mol. The molecule has 0 atom stereocenters. The van der Waals surface area contributed by atoms with Gasteiger partial charge >= 0.3 is 11.8 Å². The van der Waals surface area contributed by atoms with Gasteiger partial charge in [0, 0.05) is 23.7 Å². The van der Waals surface area contributed by atoms with Crippen molar-refractivity contribution in [3.05, 3.63) is 82.9 Å². The standard InChI is InChI=1S/C25H25N3O3/c1-25(2,3)31-24(30)28-21-15-5-4-14-20(21)27(23(28)29)17-7-6-10-18-11-8-12-19-13-9-16-26-22(18)19/h4-6,8-16H,7,17H2,1-3H3. The van der Waals surface area contributed by atoms with Crippen LogP contribution in [0.5, 0.6) is 0 Å². The summed E-state index contributed by atoms with van der Waals surface area (Å²) in [5.41, 5.74) is 2.15. The predicted octanol–water partition coefficient (Wildman–Crippen LogP) is 5.24. The molecule has 0 spiro atoms. The van der Waals surface area contributed by atoms with Gasteiger partial charge in [0.05, 0.1) is 16.6 Å². The largest absolute Gasteiger partial charge is 0.443 e. The van der Waals surface area contributed by atoms with Crippen LogP contribution in [-0.4, -0.2) is 25.8 Å². The van der Waals surface area contributed by atoms with Gasteiger partial charge in [-0.3, -0.25) is 9.55 Å². The van der Waals surface area contributed by atoms with Gasteiger partial charge in [-0.15, -0.1) is 0 Å². The summed E-state index contributed by atoms with van der Waals surface area (Å²) >= 11 is 0. The van der Waals surface area contributed by atoms with E-state index in [2.05, 4.69) is 4.98 Å². The van der Waals surface area contributed by atoms with Crippen molar-refractivity contribution >= 4 is 34.1 Å². The molecule has 158 valence electrons. The number of carbonyl (C=O) groups excluding carboxylic acids is 1. The summed E-state index contributed by atoms with van der Waals surface area (Å²) in [5.74, 6) is 0. The zero-order valence-electron chi connectivity index (χ0n) is 17.9. The number of hydrogen-bond donors (Lipinski definition) is 0. The van der Waals surface area contributed by atoms with Gasteiger partial charge in [0.15, 0.2) is 0 Å². The molecule has 0 unspecified atom stereocenters. The average Bonchev–Trinajstić information content (AvgIpc) is 3.01. The van der Waals surface area contributed by atoms with Gasteiger partial charge in [0.1, 0.15) is 5.60 Å². The highest BCUT2D eigenvalue weighted by Gasteiger charge is 2.23. The van der Waals surface area contributed by atoms with E-state index in [1.807, 2.05) is 54.6 Å². The molecule has 0 aliphatic heterocycles. The third-order valence-corrected chi connectivity index (χ3v) is 4.89. The lowest BCUT2D eigenvalue weighted by molar-refractivity contribution is 0.0537. The van der Waals surface area contributed by atoms with E-state index in [9.17, 15) is 9.59 Å². The van der Waals surface area contributed by atoms with Crippen molar-refractivity contribution in [1.29, 1.82) is 0 Å². The van der Waals surface area contributed by atoms with Crippen molar-refractivity contribution < 1.29 is 9.53 Å². The minimum Gasteiger partial charge on any atom is -0.443 e. The van der Waals surface area contributed by atoms with Crippen molar-refractivity contribution in [2.45, 2.75) is 39.3 Å². The third kappa shape index (κ3) is 4.28. The maximum Gasteiger partial charge on any atom is 0.423 e. The van der Waals surface area contributed by atoms with E-state index in [4.69, 9.17) is 4.74 Å².